The number of anilines is 1. The largest absolute Gasteiger partial charge is 0.507 e. The Hall–Kier alpha value is -3.98. The highest BCUT2D eigenvalue weighted by Crippen LogP contribution is 2.44. The van der Waals surface area contributed by atoms with Crippen LogP contribution in [0.5, 0.6) is 5.75 Å². The van der Waals surface area contributed by atoms with E-state index in [0.29, 0.717) is 22.6 Å². The first-order valence-electron chi connectivity index (χ1n) is 11.6. The third kappa shape index (κ3) is 4.74. The van der Waals surface area contributed by atoms with Gasteiger partial charge < -0.3 is 14.6 Å². The fourth-order valence-corrected chi connectivity index (χ4v) is 5.22. The molecule has 1 N–H and O–H groups in total. The molecule has 9 heteroatoms. The van der Waals surface area contributed by atoms with Crippen LogP contribution < -0.4 is 9.64 Å². The Kier molecular flexibility index (Phi) is 6.92. The molecule has 4 rings (SSSR count). The molecule has 1 fully saturated rings. The zero-order valence-corrected chi connectivity index (χ0v) is 22.3. The summed E-state index contributed by atoms with van der Waals surface area (Å²) in [5.41, 5.74) is 2.21. The van der Waals surface area contributed by atoms with Crippen LogP contribution >= 0.6 is 11.3 Å². The summed E-state index contributed by atoms with van der Waals surface area (Å²) in [7, 11) is 2.76. The third-order valence-corrected chi connectivity index (χ3v) is 7.38. The van der Waals surface area contributed by atoms with Crippen molar-refractivity contribution < 1.29 is 29.0 Å². The highest BCUT2D eigenvalue weighted by molar-refractivity contribution is 7.17. The van der Waals surface area contributed by atoms with E-state index < -0.39 is 23.7 Å². The second kappa shape index (κ2) is 9.82. The minimum atomic E-state index is -0.962. The number of methoxy groups -OCH3 is 2. The molecular weight excluding hydrogens is 492 g/mol. The van der Waals surface area contributed by atoms with E-state index in [4.69, 9.17) is 9.47 Å². The standard InChI is InChI=1S/C28H28N2O6S/c1-15-24(26(34)36-6)37-27(29-15)30-21(16-10-12-18(13-11-16)28(2,3)4)20(23(32)25(30)33)22(31)17-8-7-9-19(14-17)35-5/h7-14,21,31H,1-6H3/b22-20+/t21-/m1/s1. The van der Waals surface area contributed by atoms with Crippen molar-refractivity contribution in [3.63, 3.8) is 0 Å². The number of hydrogen-bond donors (Lipinski definition) is 1. The molecule has 0 spiro atoms. The minimum Gasteiger partial charge on any atom is -0.507 e. The number of rotatable bonds is 5. The monoisotopic (exact) mass is 520 g/mol. The number of aromatic nitrogens is 1. The fraction of sp³-hybridized carbons (Fsp3) is 0.286. The normalized spacial score (nSPS) is 17.2. The quantitative estimate of drug-likeness (QED) is 0.214. The molecule has 1 aliphatic rings. The number of esters is 1. The lowest BCUT2D eigenvalue weighted by Crippen LogP contribution is -2.29. The first kappa shape index (κ1) is 26.1. The predicted molar refractivity (Wildman–Crippen MR) is 141 cm³/mol. The molecule has 2 heterocycles. The lowest BCUT2D eigenvalue weighted by Gasteiger charge is -2.24. The van der Waals surface area contributed by atoms with Gasteiger partial charge in [-0.25, -0.2) is 9.78 Å². The van der Waals surface area contributed by atoms with Gasteiger partial charge in [-0.2, -0.15) is 0 Å². The summed E-state index contributed by atoms with van der Waals surface area (Å²) < 4.78 is 10.1. The van der Waals surface area contributed by atoms with Gasteiger partial charge in [-0.3, -0.25) is 14.5 Å². The van der Waals surface area contributed by atoms with Gasteiger partial charge in [-0.05, 0) is 35.6 Å². The Morgan fingerprint density at radius 2 is 1.76 bits per heavy atom. The van der Waals surface area contributed by atoms with Gasteiger partial charge in [-0.15, -0.1) is 0 Å². The van der Waals surface area contributed by atoms with Crippen LogP contribution in [0, 0.1) is 6.92 Å². The maximum absolute atomic E-state index is 13.4. The van der Waals surface area contributed by atoms with Crippen molar-refractivity contribution in [3.8, 4) is 5.75 Å². The SMILES string of the molecule is COC(=O)c1sc(N2C(=O)C(=O)/C(=C(/O)c3cccc(OC)c3)[C@H]2c2ccc(C(C)(C)C)cc2)nc1C. The first-order valence-corrected chi connectivity index (χ1v) is 12.4. The summed E-state index contributed by atoms with van der Waals surface area (Å²) in [6, 6.07) is 13.2. The van der Waals surface area contributed by atoms with E-state index in [0.717, 1.165) is 16.9 Å². The number of aryl methyl sites for hydroxylation is 1. The molecule has 37 heavy (non-hydrogen) atoms. The summed E-state index contributed by atoms with van der Waals surface area (Å²) in [5.74, 6) is -2.12. The van der Waals surface area contributed by atoms with Crippen LogP contribution in [0.2, 0.25) is 0 Å². The van der Waals surface area contributed by atoms with Crippen LogP contribution in [-0.4, -0.2) is 42.0 Å². The van der Waals surface area contributed by atoms with E-state index >= 15 is 0 Å². The maximum atomic E-state index is 13.4. The summed E-state index contributed by atoms with van der Waals surface area (Å²) in [4.78, 5) is 44.9. The van der Waals surface area contributed by atoms with Crippen LogP contribution in [-0.2, 0) is 19.7 Å². The van der Waals surface area contributed by atoms with E-state index in [1.165, 1.54) is 19.1 Å². The predicted octanol–water partition coefficient (Wildman–Crippen LogP) is 5.17. The summed E-state index contributed by atoms with van der Waals surface area (Å²) in [5, 5.41) is 11.5. The number of carbonyl (C=O) groups excluding carboxylic acids is 3. The van der Waals surface area contributed by atoms with Gasteiger partial charge >= 0.3 is 11.9 Å². The molecule has 3 aromatic rings. The van der Waals surface area contributed by atoms with Gasteiger partial charge in [-0.1, -0.05) is 68.5 Å². The lowest BCUT2D eigenvalue weighted by molar-refractivity contribution is -0.132. The van der Waals surface area contributed by atoms with Crippen molar-refractivity contribution in [3.05, 3.63) is 81.4 Å². The molecule has 1 saturated heterocycles. The number of hydrogen-bond acceptors (Lipinski definition) is 8. The maximum Gasteiger partial charge on any atom is 0.350 e. The molecule has 0 saturated carbocycles. The molecule has 1 aliphatic heterocycles. The zero-order valence-electron chi connectivity index (χ0n) is 21.5. The van der Waals surface area contributed by atoms with Crippen molar-refractivity contribution in [2.24, 2.45) is 0 Å². The molecule has 0 aliphatic carbocycles. The Labute approximate surface area is 219 Å². The van der Waals surface area contributed by atoms with E-state index in [9.17, 15) is 19.5 Å². The van der Waals surface area contributed by atoms with Gasteiger partial charge in [0, 0.05) is 5.56 Å². The topological polar surface area (TPSA) is 106 Å². The Bertz CT molecular complexity index is 1420. The zero-order chi connectivity index (χ0) is 27.1. The number of benzene rings is 2. The molecule has 2 aromatic carbocycles. The first-order chi connectivity index (χ1) is 17.5. The number of aliphatic hydroxyl groups is 1. The Morgan fingerprint density at radius 3 is 2.35 bits per heavy atom. The van der Waals surface area contributed by atoms with Crippen LogP contribution in [0.4, 0.5) is 5.13 Å². The van der Waals surface area contributed by atoms with Gasteiger partial charge in [0.15, 0.2) is 5.13 Å². The summed E-state index contributed by atoms with van der Waals surface area (Å²) >= 11 is 0.960. The van der Waals surface area contributed by atoms with E-state index in [2.05, 4.69) is 25.8 Å². The van der Waals surface area contributed by atoms with Crippen molar-refractivity contribution in [1.29, 1.82) is 0 Å². The summed E-state index contributed by atoms with van der Waals surface area (Å²) in [6.07, 6.45) is 0. The Morgan fingerprint density at radius 1 is 1.08 bits per heavy atom. The third-order valence-electron chi connectivity index (χ3n) is 6.24. The number of aliphatic hydroxyl groups excluding tert-OH is 1. The number of ketones is 1. The lowest BCUT2D eigenvalue weighted by atomic mass is 9.85. The second-order valence-electron chi connectivity index (χ2n) is 9.68. The average molecular weight is 521 g/mol. The molecule has 0 unspecified atom stereocenters. The molecule has 192 valence electrons. The fourth-order valence-electron chi connectivity index (χ4n) is 4.20. The van der Waals surface area contributed by atoms with Crippen LogP contribution in [0.15, 0.2) is 54.1 Å². The number of Topliss-reactive ketones (excluding diaryl/α,β-unsaturated/α-hetero) is 1. The van der Waals surface area contributed by atoms with Crippen LogP contribution in [0.3, 0.4) is 0 Å². The highest BCUT2D eigenvalue weighted by atomic mass is 32.1. The van der Waals surface area contributed by atoms with Crippen LogP contribution in [0.1, 0.15) is 58.9 Å². The van der Waals surface area contributed by atoms with Gasteiger partial charge in [0.05, 0.1) is 31.5 Å². The number of thiazole rings is 1. The van der Waals surface area contributed by atoms with E-state index in [1.54, 1.807) is 31.2 Å². The van der Waals surface area contributed by atoms with E-state index in [1.807, 2.05) is 24.3 Å². The number of nitrogens with zero attached hydrogens (tertiary/aromatic N) is 2. The molecule has 1 atom stereocenters. The highest BCUT2D eigenvalue weighted by Gasteiger charge is 2.48. The molecular formula is C28H28N2O6S. The molecule has 0 bridgehead atoms. The van der Waals surface area contributed by atoms with E-state index in [-0.39, 0.29) is 26.8 Å². The van der Waals surface area contributed by atoms with Crippen molar-refractivity contribution in [1.82, 2.24) is 4.98 Å². The smallest absolute Gasteiger partial charge is 0.350 e. The Balaban J connectivity index is 1.94. The van der Waals surface area contributed by atoms with Gasteiger partial charge in [0.1, 0.15) is 16.4 Å². The van der Waals surface area contributed by atoms with Crippen molar-refractivity contribution >= 4 is 39.9 Å². The van der Waals surface area contributed by atoms with Crippen LogP contribution in [0.25, 0.3) is 5.76 Å². The number of carbonyl (C=O) groups is 3. The average Bonchev–Trinajstić information content (AvgIpc) is 3.39. The van der Waals surface area contributed by atoms with Gasteiger partial charge in [0.2, 0.25) is 0 Å². The minimum absolute atomic E-state index is 0.0748. The second-order valence-corrected chi connectivity index (χ2v) is 10.7. The van der Waals surface area contributed by atoms with Gasteiger partial charge in [0.25, 0.3) is 5.78 Å². The number of ether oxygens (including phenoxy) is 2. The molecule has 8 nitrogen and oxygen atoms in total. The molecule has 1 aromatic heterocycles. The molecule has 1 amide bonds. The number of amides is 1. The molecule has 0 radical (unpaired) electrons. The summed E-state index contributed by atoms with van der Waals surface area (Å²) in [6.45, 7) is 7.89. The van der Waals surface area contributed by atoms with Crippen molar-refractivity contribution in [2.45, 2.75) is 39.2 Å². The van der Waals surface area contributed by atoms with Crippen molar-refractivity contribution in [2.75, 3.05) is 19.1 Å².